The zero-order valence-corrected chi connectivity index (χ0v) is 15.4. The number of hydrogen-bond acceptors (Lipinski definition) is 4. The molecule has 0 aliphatic rings. The van der Waals surface area contributed by atoms with E-state index in [2.05, 4.69) is 27.5 Å². The van der Waals surface area contributed by atoms with Crippen LogP contribution in [0.1, 0.15) is 57.7 Å². The molecule has 2 aromatic heterocycles. The Balaban J connectivity index is 1.48. The van der Waals surface area contributed by atoms with Gasteiger partial charge in [-0.15, -0.1) is 10.2 Å². The van der Waals surface area contributed by atoms with Gasteiger partial charge >= 0.3 is 0 Å². The molecule has 6 heteroatoms. The molecule has 3 aromatic rings. The van der Waals surface area contributed by atoms with Gasteiger partial charge in [-0.25, -0.2) is 0 Å². The number of carbonyl (C=O) groups is 1. The summed E-state index contributed by atoms with van der Waals surface area (Å²) in [7, 11) is 0. The molecule has 0 aliphatic heterocycles. The van der Waals surface area contributed by atoms with Crippen LogP contribution in [0.3, 0.4) is 0 Å². The molecule has 3 rings (SSSR count). The Bertz CT molecular complexity index is 858. The van der Waals surface area contributed by atoms with Gasteiger partial charge < -0.3 is 5.32 Å². The second-order valence-electron chi connectivity index (χ2n) is 6.73. The highest BCUT2D eigenvalue weighted by molar-refractivity contribution is 5.93. The molecule has 6 nitrogen and oxygen atoms in total. The minimum Gasteiger partial charge on any atom is -0.356 e. The van der Waals surface area contributed by atoms with Crippen LogP contribution < -0.4 is 5.32 Å². The lowest BCUT2D eigenvalue weighted by molar-refractivity contribution is -0.120. The van der Waals surface area contributed by atoms with E-state index < -0.39 is 0 Å². The molecule has 2 heterocycles. The maximum absolute atomic E-state index is 12.2. The van der Waals surface area contributed by atoms with Crippen molar-refractivity contribution < 1.29 is 4.79 Å². The number of nitrogens with one attached hydrogen (secondary N) is 1. The lowest BCUT2D eigenvalue weighted by Crippen LogP contribution is -2.27. The lowest BCUT2D eigenvalue weighted by atomic mass is 10.1. The summed E-state index contributed by atoms with van der Waals surface area (Å²) in [6, 6.07) is 7.91. The van der Waals surface area contributed by atoms with Crippen LogP contribution in [0.15, 0.2) is 30.5 Å². The molecule has 0 saturated heterocycles. The van der Waals surface area contributed by atoms with E-state index in [-0.39, 0.29) is 12.3 Å². The molecule has 0 fully saturated rings. The SMILES string of the molecule is CCCCCCCCCNC(=O)Cc1nnc2c3ccccc3cnn12. The summed E-state index contributed by atoms with van der Waals surface area (Å²) in [5.41, 5.74) is 0.693. The van der Waals surface area contributed by atoms with Crippen molar-refractivity contribution in [2.24, 2.45) is 0 Å². The molecule has 138 valence electrons. The fourth-order valence-corrected chi connectivity index (χ4v) is 3.16. The van der Waals surface area contributed by atoms with Gasteiger partial charge in [-0.2, -0.15) is 9.61 Å². The normalized spacial score (nSPS) is 11.3. The van der Waals surface area contributed by atoms with Gasteiger partial charge in [-0.05, 0) is 6.42 Å². The molecule has 0 atom stereocenters. The third-order valence-corrected chi connectivity index (χ3v) is 4.64. The van der Waals surface area contributed by atoms with Gasteiger partial charge in [0.15, 0.2) is 11.5 Å². The van der Waals surface area contributed by atoms with Crippen LogP contribution in [-0.4, -0.2) is 32.3 Å². The molecule has 1 amide bonds. The molecule has 1 N–H and O–H groups in total. The molecule has 0 unspecified atom stereocenters. The van der Waals surface area contributed by atoms with Crippen molar-refractivity contribution in [2.75, 3.05) is 6.54 Å². The largest absolute Gasteiger partial charge is 0.356 e. The van der Waals surface area contributed by atoms with E-state index in [9.17, 15) is 4.79 Å². The number of carbonyl (C=O) groups excluding carboxylic acids is 1. The maximum Gasteiger partial charge on any atom is 0.227 e. The van der Waals surface area contributed by atoms with Gasteiger partial charge in [-0.3, -0.25) is 4.79 Å². The first kappa shape index (κ1) is 18.3. The summed E-state index contributed by atoms with van der Waals surface area (Å²) in [6.45, 7) is 2.95. The smallest absolute Gasteiger partial charge is 0.227 e. The first-order chi connectivity index (χ1) is 12.8. The Morgan fingerprint density at radius 1 is 1.04 bits per heavy atom. The van der Waals surface area contributed by atoms with Gasteiger partial charge in [0.05, 0.1) is 12.6 Å². The monoisotopic (exact) mass is 353 g/mol. The summed E-state index contributed by atoms with van der Waals surface area (Å²) in [5.74, 6) is 0.545. The summed E-state index contributed by atoms with van der Waals surface area (Å²) in [6.07, 6.45) is 10.7. The minimum atomic E-state index is -0.0276. The number of fused-ring (bicyclic) bond motifs is 3. The first-order valence-electron chi connectivity index (χ1n) is 9.64. The van der Waals surface area contributed by atoms with Crippen LogP contribution in [0.5, 0.6) is 0 Å². The summed E-state index contributed by atoms with van der Waals surface area (Å²) >= 11 is 0. The van der Waals surface area contributed by atoms with E-state index in [1.807, 2.05) is 24.3 Å². The van der Waals surface area contributed by atoms with Crippen LogP contribution in [0.2, 0.25) is 0 Å². The van der Waals surface area contributed by atoms with Crippen LogP contribution in [0, 0.1) is 0 Å². The maximum atomic E-state index is 12.2. The lowest BCUT2D eigenvalue weighted by Gasteiger charge is -2.05. The number of unbranched alkanes of at least 4 members (excludes halogenated alkanes) is 6. The van der Waals surface area contributed by atoms with Crippen molar-refractivity contribution >= 4 is 22.3 Å². The standard InChI is InChI=1S/C20H27N5O/c1-2-3-4-5-6-7-10-13-21-19(26)14-18-23-24-20-17-12-9-8-11-16(17)15-22-25(18)20/h8-9,11-12,15H,2-7,10,13-14H2,1H3,(H,21,26). The number of nitrogens with zero attached hydrogens (tertiary/aromatic N) is 4. The van der Waals surface area contributed by atoms with Crippen molar-refractivity contribution in [3.8, 4) is 0 Å². The van der Waals surface area contributed by atoms with E-state index in [1.54, 1.807) is 10.7 Å². The van der Waals surface area contributed by atoms with Gasteiger partial charge in [0, 0.05) is 17.3 Å². The minimum absolute atomic E-state index is 0.0276. The summed E-state index contributed by atoms with van der Waals surface area (Å²) in [5, 5.41) is 17.7. The Morgan fingerprint density at radius 2 is 1.81 bits per heavy atom. The van der Waals surface area contributed by atoms with Gasteiger partial charge in [0.25, 0.3) is 0 Å². The van der Waals surface area contributed by atoms with Crippen molar-refractivity contribution in [3.05, 3.63) is 36.3 Å². The van der Waals surface area contributed by atoms with Crippen LogP contribution >= 0.6 is 0 Å². The molecule has 26 heavy (non-hydrogen) atoms. The Hall–Kier alpha value is -2.50. The highest BCUT2D eigenvalue weighted by Crippen LogP contribution is 2.17. The van der Waals surface area contributed by atoms with Crippen molar-refractivity contribution in [3.63, 3.8) is 0 Å². The van der Waals surface area contributed by atoms with Gasteiger partial charge in [0.1, 0.15) is 0 Å². The predicted octanol–water partition coefficient (Wildman–Crippen LogP) is 3.69. The topological polar surface area (TPSA) is 72.2 Å². The molecule has 0 saturated carbocycles. The second kappa shape index (κ2) is 9.27. The van der Waals surface area contributed by atoms with E-state index >= 15 is 0 Å². The van der Waals surface area contributed by atoms with Crippen LogP contribution in [0.4, 0.5) is 0 Å². The second-order valence-corrected chi connectivity index (χ2v) is 6.73. The van der Waals surface area contributed by atoms with Gasteiger partial charge in [-0.1, -0.05) is 69.7 Å². The number of hydrogen-bond donors (Lipinski definition) is 1. The molecule has 0 spiro atoms. The van der Waals surface area contributed by atoms with Crippen molar-refractivity contribution in [1.29, 1.82) is 0 Å². The number of benzene rings is 1. The van der Waals surface area contributed by atoms with E-state index in [4.69, 9.17) is 0 Å². The Morgan fingerprint density at radius 3 is 2.65 bits per heavy atom. The molecular formula is C20H27N5O. The van der Waals surface area contributed by atoms with Gasteiger partial charge in [0.2, 0.25) is 5.91 Å². The fraction of sp³-hybridized carbons (Fsp3) is 0.500. The molecule has 0 radical (unpaired) electrons. The Labute approximate surface area is 154 Å². The highest BCUT2D eigenvalue weighted by Gasteiger charge is 2.13. The average Bonchev–Trinajstić information content (AvgIpc) is 3.07. The molecule has 0 bridgehead atoms. The number of amides is 1. The number of rotatable bonds is 10. The summed E-state index contributed by atoms with van der Waals surface area (Å²) in [4.78, 5) is 12.2. The van der Waals surface area contributed by atoms with E-state index in [0.717, 1.165) is 23.7 Å². The zero-order chi connectivity index (χ0) is 18.2. The Kier molecular flexibility index (Phi) is 6.52. The highest BCUT2D eigenvalue weighted by atomic mass is 16.1. The third-order valence-electron chi connectivity index (χ3n) is 4.64. The molecular weight excluding hydrogens is 326 g/mol. The van der Waals surface area contributed by atoms with E-state index in [0.29, 0.717) is 11.5 Å². The van der Waals surface area contributed by atoms with Crippen LogP contribution in [-0.2, 0) is 11.2 Å². The van der Waals surface area contributed by atoms with Crippen molar-refractivity contribution in [2.45, 2.75) is 58.3 Å². The predicted molar refractivity (Wildman–Crippen MR) is 103 cm³/mol. The fourth-order valence-electron chi connectivity index (χ4n) is 3.16. The van der Waals surface area contributed by atoms with Crippen molar-refractivity contribution in [1.82, 2.24) is 25.1 Å². The quantitative estimate of drug-likeness (QED) is 0.564. The summed E-state index contributed by atoms with van der Waals surface area (Å²) < 4.78 is 1.66. The third kappa shape index (κ3) is 4.56. The average molecular weight is 353 g/mol. The zero-order valence-electron chi connectivity index (χ0n) is 15.4. The molecule has 0 aliphatic carbocycles. The van der Waals surface area contributed by atoms with Crippen LogP contribution in [0.25, 0.3) is 16.4 Å². The number of aromatic nitrogens is 4. The molecule has 1 aromatic carbocycles. The van der Waals surface area contributed by atoms with E-state index in [1.165, 1.54) is 38.5 Å². The first-order valence-corrected chi connectivity index (χ1v) is 9.64.